The Kier molecular flexibility index (Phi) is 3.35. The molecular formula is C10H12BrNOSi. The van der Waals surface area contributed by atoms with Crippen LogP contribution in [0, 0.1) is 11.3 Å². The molecule has 0 aliphatic heterocycles. The summed E-state index contributed by atoms with van der Waals surface area (Å²) in [6.45, 7) is 6.28. The Hall–Kier alpha value is -0.793. The summed E-state index contributed by atoms with van der Waals surface area (Å²) in [5, 5.41) is 8.88. The van der Waals surface area contributed by atoms with Crippen LogP contribution in [0.3, 0.4) is 0 Å². The minimum atomic E-state index is -1.64. The zero-order valence-electron chi connectivity index (χ0n) is 8.47. The molecule has 0 saturated heterocycles. The van der Waals surface area contributed by atoms with Gasteiger partial charge in [-0.05, 0) is 37.8 Å². The number of benzene rings is 1. The van der Waals surface area contributed by atoms with Gasteiger partial charge in [0.1, 0.15) is 11.8 Å². The van der Waals surface area contributed by atoms with Crippen LogP contribution >= 0.6 is 15.9 Å². The Bertz CT molecular complexity index is 379. The standard InChI is InChI=1S/C10H12BrNOSi/c1-14(2,3)13-10-6-9(11)5-4-8(10)7-12/h4-6H,1-3H3. The quantitative estimate of drug-likeness (QED) is 0.770. The van der Waals surface area contributed by atoms with E-state index in [1.807, 2.05) is 12.1 Å². The summed E-state index contributed by atoms with van der Waals surface area (Å²) in [6, 6.07) is 7.57. The second-order valence-electron chi connectivity index (χ2n) is 3.97. The number of halogens is 1. The van der Waals surface area contributed by atoms with Gasteiger partial charge in [0.15, 0.2) is 0 Å². The van der Waals surface area contributed by atoms with Crippen molar-refractivity contribution in [1.82, 2.24) is 0 Å². The van der Waals surface area contributed by atoms with E-state index < -0.39 is 8.32 Å². The molecule has 0 saturated carbocycles. The van der Waals surface area contributed by atoms with Crippen LogP contribution in [0.2, 0.25) is 19.6 Å². The maximum absolute atomic E-state index is 8.88. The van der Waals surface area contributed by atoms with Gasteiger partial charge in [-0.25, -0.2) is 0 Å². The SMILES string of the molecule is C[Si](C)(C)Oc1cc(Br)ccc1C#N. The molecule has 0 aliphatic carbocycles. The molecule has 0 atom stereocenters. The van der Waals surface area contributed by atoms with Crippen molar-refractivity contribution in [2.45, 2.75) is 19.6 Å². The van der Waals surface area contributed by atoms with E-state index in [-0.39, 0.29) is 0 Å². The van der Waals surface area contributed by atoms with Crippen LogP contribution in [0.15, 0.2) is 22.7 Å². The van der Waals surface area contributed by atoms with E-state index in [1.54, 1.807) is 6.07 Å². The molecule has 1 aromatic rings. The van der Waals surface area contributed by atoms with Crippen molar-refractivity contribution < 1.29 is 4.43 Å². The molecule has 0 heterocycles. The summed E-state index contributed by atoms with van der Waals surface area (Å²) in [5.41, 5.74) is 0.593. The molecule has 0 bridgehead atoms. The minimum Gasteiger partial charge on any atom is -0.543 e. The molecule has 0 aromatic heterocycles. The monoisotopic (exact) mass is 269 g/mol. The maximum atomic E-state index is 8.88. The Morgan fingerprint density at radius 1 is 1.36 bits per heavy atom. The fourth-order valence-corrected chi connectivity index (χ4v) is 2.17. The summed E-state index contributed by atoms with van der Waals surface area (Å²) < 4.78 is 6.73. The van der Waals surface area contributed by atoms with Gasteiger partial charge >= 0.3 is 0 Å². The first kappa shape index (κ1) is 11.3. The third-order valence-electron chi connectivity index (χ3n) is 1.48. The first-order chi connectivity index (χ1) is 6.42. The number of hydrogen-bond acceptors (Lipinski definition) is 2. The van der Waals surface area contributed by atoms with E-state index in [4.69, 9.17) is 9.69 Å². The highest BCUT2D eigenvalue weighted by Gasteiger charge is 2.18. The summed E-state index contributed by atoms with van der Waals surface area (Å²) in [5.74, 6) is 0.682. The van der Waals surface area contributed by atoms with E-state index in [0.717, 1.165) is 4.47 Å². The van der Waals surface area contributed by atoms with E-state index in [2.05, 4.69) is 41.6 Å². The minimum absolute atomic E-state index is 0.593. The highest BCUT2D eigenvalue weighted by molar-refractivity contribution is 9.10. The second-order valence-corrected chi connectivity index (χ2v) is 9.31. The van der Waals surface area contributed by atoms with Crippen molar-refractivity contribution in [2.24, 2.45) is 0 Å². The average molecular weight is 270 g/mol. The van der Waals surface area contributed by atoms with Crippen LogP contribution in [0.1, 0.15) is 5.56 Å². The molecule has 0 N–H and O–H groups in total. The predicted octanol–water partition coefficient (Wildman–Crippen LogP) is 3.53. The normalized spacial score (nSPS) is 10.8. The number of hydrogen-bond donors (Lipinski definition) is 0. The van der Waals surface area contributed by atoms with Crippen LogP contribution in [0.25, 0.3) is 0 Å². The predicted molar refractivity (Wildman–Crippen MR) is 62.8 cm³/mol. The smallest absolute Gasteiger partial charge is 0.242 e. The van der Waals surface area contributed by atoms with Gasteiger partial charge < -0.3 is 4.43 Å². The van der Waals surface area contributed by atoms with Crippen LogP contribution in [0.4, 0.5) is 0 Å². The average Bonchev–Trinajstić information content (AvgIpc) is 2.01. The number of rotatable bonds is 2. The lowest BCUT2D eigenvalue weighted by Gasteiger charge is -2.20. The largest absolute Gasteiger partial charge is 0.543 e. The molecule has 4 heteroatoms. The molecule has 74 valence electrons. The molecule has 0 fully saturated rings. The Morgan fingerprint density at radius 3 is 2.50 bits per heavy atom. The van der Waals surface area contributed by atoms with E-state index in [9.17, 15) is 0 Å². The van der Waals surface area contributed by atoms with Crippen molar-refractivity contribution in [3.63, 3.8) is 0 Å². The van der Waals surface area contributed by atoms with Crippen molar-refractivity contribution >= 4 is 24.2 Å². The molecule has 0 aliphatic rings. The zero-order valence-corrected chi connectivity index (χ0v) is 11.1. The summed E-state index contributed by atoms with van der Waals surface area (Å²) >= 11 is 3.36. The van der Waals surface area contributed by atoms with Crippen LogP contribution < -0.4 is 4.43 Å². The van der Waals surface area contributed by atoms with Gasteiger partial charge in [-0.3, -0.25) is 0 Å². The van der Waals surface area contributed by atoms with Gasteiger partial charge in [0.25, 0.3) is 0 Å². The van der Waals surface area contributed by atoms with E-state index in [0.29, 0.717) is 11.3 Å². The summed E-state index contributed by atoms with van der Waals surface area (Å²) in [4.78, 5) is 0. The Morgan fingerprint density at radius 2 is 2.00 bits per heavy atom. The lowest BCUT2D eigenvalue weighted by Crippen LogP contribution is -2.29. The first-order valence-corrected chi connectivity index (χ1v) is 8.51. The van der Waals surface area contributed by atoms with Crippen LogP contribution in [-0.2, 0) is 0 Å². The maximum Gasteiger partial charge on any atom is 0.242 e. The molecule has 0 amide bonds. The number of nitriles is 1. The van der Waals surface area contributed by atoms with Gasteiger partial charge in [0.05, 0.1) is 5.56 Å². The van der Waals surface area contributed by atoms with Gasteiger partial charge in [-0.1, -0.05) is 15.9 Å². The summed E-state index contributed by atoms with van der Waals surface area (Å²) in [6.07, 6.45) is 0. The van der Waals surface area contributed by atoms with Crippen molar-refractivity contribution in [1.29, 1.82) is 5.26 Å². The molecular weight excluding hydrogens is 258 g/mol. The van der Waals surface area contributed by atoms with Crippen molar-refractivity contribution in [2.75, 3.05) is 0 Å². The van der Waals surface area contributed by atoms with Crippen LogP contribution in [0.5, 0.6) is 5.75 Å². The molecule has 2 nitrogen and oxygen atoms in total. The van der Waals surface area contributed by atoms with Gasteiger partial charge in [0, 0.05) is 4.47 Å². The topological polar surface area (TPSA) is 33.0 Å². The highest BCUT2D eigenvalue weighted by Crippen LogP contribution is 2.25. The van der Waals surface area contributed by atoms with E-state index in [1.165, 1.54) is 0 Å². The Balaban J connectivity index is 3.07. The second kappa shape index (κ2) is 4.16. The van der Waals surface area contributed by atoms with Crippen molar-refractivity contribution in [3.8, 4) is 11.8 Å². The number of nitrogens with zero attached hydrogens (tertiary/aromatic N) is 1. The van der Waals surface area contributed by atoms with Crippen LogP contribution in [-0.4, -0.2) is 8.32 Å². The first-order valence-electron chi connectivity index (χ1n) is 4.31. The van der Waals surface area contributed by atoms with Gasteiger partial charge in [0.2, 0.25) is 8.32 Å². The van der Waals surface area contributed by atoms with Gasteiger partial charge in [-0.2, -0.15) is 5.26 Å². The van der Waals surface area contributed by atoms with Gasteiger partial charge in [-0.15, -0.1) is 0 Å². The summed E-state index contributed by atoms with van der Waals surface area (Å²) in [7, 11) is -1.64. The lowest BCUT2D eigenvalue weighted by atomic mass is 10.2. The molecule has 0 radical (unpaired) electrons. The van der Waals surface area contributed by atoms with E-state index >= 15 is 0 Å². The fourth-order valence-electron chi connectivity index (χ4n) is 1.00. The zero-order chi connectivity index (χ0) is 10.8. The lowest BCUT2D eigenvalue weighted by molar-refractivity contribution is 0.555. The third kappa shape index (κ3) is 3.16. The molecule has 0 spiro atoms. The third-order valence-corrected chi connectivity index (χ3v) is 2.81. The fraction of sp³-hybridized carbons (Fsp3) is 0.300. The highest BCUT2D eigenvalue weighted by atomic mass is 79.9. The molecule has 14 heavy (non-hydrogen) atoms. The van der Waals surface area contributed by atoms with Crippen molar-refractivity contribution in [3.05, 3.63) is 28.2 Å². The molecule has 1 rings (SSSR count). The molecule has 0 unspecified atom stereocenters. The molecule has 1 aromatic carbocycles. The Labute approximate surface area is 93.8 Å².